The molecule has 0 saturated heterocycles. The molecule has 1 saturated carbocycles. The number of amides is 1. The largest absolute Gasteiger partial charge is 0.480 e. The van der Waals surface area contributed by atoms with Crippen molar-refractivity contribution in [1.29, 1.82) is 0 Å². The third-order valence-electron chi connectivity index (χ3n) is 2.79. The first-order chi connectivity index (χ1) is 9.06. The lowest BCUT2D eigenvalue weighted by Crippen LogP contribution is -2.38. The summed E-state index contributed by atoms with van der Waals surface area (Å²) in [5.41, 5.74) is 0. The number of rotatable bonds is 6. The van der Waals surface area contributed by atoms with Gasteiger partial charge in [0.15, 0.2) is 0 Å². The van der Waals surface area contributed by atoms with Crippen LogP contribution < -0.4 is 0 Å². The molecular weight excluding hydrogens is 330 g/mol. The Hall–Kier alpha value is -1.01. The van der Waals surface area contributed by atoms with E-state index in [0.29, 0.717) is 0 Å². The van der Waals surface area contributed by atoms with Crippen LogP contribution in [0.2, 0.25) is 0 Å². The van der Waals surface area contributed by atoms with Gasteiger partial charge < -0.3 is 10.0 Å². The van der Waals surface area contributed by atoms with Gasteiger partial charge in [0.2, 0.25) is 5.91 Å². The molecule has 0 unspecified atom stereocenters. The predicted molar refractivity (Wildman–Crippen MR) is 77.2 cm³/mol. The minimum Gasteiger partial charge on any atom is -0.480 e. The van der Waals surface area contributed by atoms with Crippen molar-refractivity contribution in [3.8, 4) is 0 Å². The maximum Gasteiger partial charge on any atom is 0.323 e. The van der Waals surface area contributed by atoms with Crippen LogP contribution >= 0.6 is 27.7 Å². The van der Waals surface area contributed by atoms with E-state index in [1.165, 1.54) is 16.7 Å². The predicted octanol–water partition coefficient (Wildman–Crippen LogP) is 2.62. The number of aliphatic carboxylic acids is 1. The number of carboxylic acid groups (broad SMARTS) is 1. The Morgan fingerprint density at radius 2 is 1.95 bits per heavy atom. The summed E-state index contributed by atoms with van der Waals surface area (Å²) in [5.74, 6) is -0.766. The molecule has 1 aliphatic rings. The number of carbonyl (C=O) groups is 2. The van der Waals surface area contributed by atoms with Crippen molar-refractivity contribution in [2.45, 2.75) is 23.8 Å². The molecule has 6 heteroatoms. The summed E-state index contributed by atoms with van der Waals surface area (Å²) in [6, 6.07) is 7.83. The number of benzene rings is 1. The van der Waals surface area contributed by atoms with Gasteiger partial charge in [0, 0.05) is 15.4 Å². The Labute approximate surface area is 124 Å². The molecule has 1 N–H and O–H groups in total. The molecule has 1 aromatic carbocycles. The molecule has 1 aromatic rings. The van der Waals surface area contributed by atoms with Crippen LogP contribution in [0.15, 0.2) is 33.6 Å². The molecule has 1 fully saturated rings. The molecule has 0 bridgehead atoms. The van der Waals surface area contributed by atoms with Gasteiger partial charge in [-0.2, -0.15) is 0 Å². The van der Waals surface area contributed by atoms with E-state index in [9.17, 15) is 9.59 Å². The summed E-state index contributed by atoms with van der Waals surface area (Å²) in [6.07, 6.45) is 1.84. The second-order valence-electron chi connectivity index (χ2n) is 4.39. The van der Waals surface area contributed by atoms with Crippen molar-refractivity contribution < 1.29 is 14.7 Å². The molecule has 102 valence electrons. The van der Waals surface area contributed by atoms with E-state index >= 15 is 0 Å². The van der Waals surface area contributed by atoms with E-state index in [0.717, 1.165) is 22.2 Å². The SMILES string of the molecule is O=C(O)CN(C(=O)CSc1ccc(Br)cc1)C1CC1. The highest BCUT2D eigenvalue weighted by molar-refractivity contribution is 9.10. The van der Waals surface area contributed by atoms with Gasteiger partial charge in [-0.1, -0.05) is 15.9 Å². The van der Waals surface area contributed by atoms with Crippen LogP contribution in [0.1, 0.15) is 12.8 Å². The molecule has 0 atom stereocenters. The maximum atomic E-state index is 12.0. The molecule has 1 aliphatic carbocycles. The molecule has 19 heavy (non-hydrogen) atoms. The minimum absolute atomic E-state index is 0.0992. The Kier molecular flexibility index (Phi) is 4.87. The number of hydrogen-bond donors (Lipinski definition) is 1. The van der Waals surface area contributed by atoms with Crippen LogP contribution in [0, 0.1) is 0 Å². The van der Waals surface area contributed by atoms with E-state index in [4.69, 9.17) is 5.11 Å². The molecule has 1 amide bonds. The number of hydrogen-bond acceptors (Lipinski definition) is 3. The van der Waals surface area contributed by atoms with Gasteiger partial charge in [-0.05, 0) is 37.1 Å². The van der Waals surface area contributed by atoms with Crippen molar-refractivity contribution in [2.75, 3.05) is 12.3 Å². The lowest BCUT2D eigenvalue weighted by Gasteiger charge is -2.19. The van der Waals surface area contributed by atoms with Crippen molar-refractivity contribution in [2.24, 2.45) is 0 Å². The Morgan fingerprint density at radius 3 is 2.47 bits per heavy atom. The average Bonchev–Trinajstić information content (AvgIpc) is 3.19. The van der Waals surface area contributed by atoms with Gasteiger partial charge in [0.05, 0.1) is 5.75 Å². The van der Waals surface area contributed by atoms with Gasteiger partial charge >= 0.3 is 5.97 Å². The molecule has 0 aromatic heterocycles. The average molecular weight is 344 g/mol. The zero-order chi connectivity index (χ0) is 13.8. The van der Waals surface area contributed by atoms with Gasteiger partial charge in [-0.15, -0.1) is 11.8 Å². The standard InChI is InChI=1S/C13H14BrNO3S/c14-9-1-5-11(6-2-9)19-8-12(16)15(7-13(17)18)10-3-4-10/h1-2,5-6,10H,3-4,7-8H2,(H,17,18). The van der Waals surface area contributed by atoms with E-state index in [2.05, 4.69) is 15.9 Å². The lowest BCUT2D eigenvalue weighted by atomic mass is 10.4. The molecule has 0 aliphatic heterocycles. The third kappa shape index (κ3) is 4.54. The lowest BCUT2D eigenvalue weighted by molar-refractivity contribution is -0.143. The summed E-state index contributed by atoms with van der Waals surface area (Å²) in [5, 5.41) is 8.82. The summed E-state index contributed by atoms with van der Waals surface area (Å²) in [6.45, 7) is -0.190. The highest BCUT2D eigenvalue weighted by atomic mass is 79.9. The zero-order valence-corrected chi connectivity index (χ0v) is 12.6. The van der Waals surface area contributed by atoms with Crippen molar-refractivity contribution in [1.82, 2.24) is 4.90 Å². The van der Waals surface area contributed by atoms with Crippen LogP contribution in [-0.2, 0) is 9.59 Å². The molecular formula is C13H14BrNO3S. The van der Waals surface area contributed by atoms with Crippen LogP contribution in [-0.4, -0.2) is 40.2 Å². The van der Waals surface area contributed by atoms with E-state index in [-0.39, 0.29) is 24.2 Å². The Morgan fingerprint density at radius 1 is 1.32 bits per heavy atom. The normalized spacial score (nSPS) is 14.2. The van der Waals surface area contributed by atoms with E-state index in [1.54, 1.807) is 0 Å². The summed E-state index contributed by atoms with van der Waals surface area (Å²) in [7, 11) is 0. The van der Waals surface area contributed by atoms with Gasteiger partial charge in [0.1, 0.15) is 6.54 Å². The van der Waals surface area contributed by atoms with Crippen LogP contribution in [0.3, 0.4) is 0 Å². The summed E-state index contributed by atoms with van der Waals surface area (Å²) in [4.78, 5) is 25.3. The second kappa shape index (κ2) is 6.43. The Balaban J connectivity index is 1.88. The molecule has 4 nitrogen and oxygen atoms in total. The number of carboxylic acids is 1. The quantitative estimate of drug-likeness (QED) is 0.806. The van der Waals surface area contributed by atoms with E-state index < -0.39 is 5.97 Å². The highest BCUT2D eigenvalue weighted by Crippen LogP contribution is 2.28. The molecule has 0 heterocycles. The summed E-state index contributed by atoms with van der Waals surface area (Å²) >= 11 is 4.79. The number of nitrogens with zero attached hydrogens (tertiary/aromatic N) is 1. The third-order valence-corrected chi connectivity index (χ3v) is 4.31. The van der Waals surface area contributed by atoms with Gasteiger partial charge in [-0.25, -0.2) is 0 Å². The summed E-state index contributed by atoms with van der Waals surface area (Å²) < 4.78 is 0.994. The fourth-order valence-corrected chi connectivity index (χ4v) is 2.76. The van der Waals surface area contributed by atoms with Crippen LogP contribution in [0.25, 0.3) is 0 Å². The van der Waals surface area contributed by atoms with Crippen LogP contribution in [0.5, 0.6) is 0 Å². The monoisotopic (exact) mass is 343 g/mol. The van der Waals surface area contributed by atoms with E-state index in [1.807, 2.05) is 24.3 Å². The molecule has 2 rings (SSSR count). The fourth-order valence-electron chi connectivity index (χ4n) is 1.71. The minimum atomic E-state index is -0.950. The van der Waals surface area contributed by atoms with Crippen molar-refractivity contribution in [3.63, 3.8) is 0 Å². The highest BCUT2D eigenvalue weighted by Gasteiger charge is 2.33. The fraction of sp³-hybridized carbons (Fsp3) is 0.385. The molecule has 0 spiro atoms. The second-order valence-corrected chi connectivity index (χ2v) is 6.35. The first-order valence-corrected chi connectivity index (χ1v) is 7.74. The number of carbonyl (C=O) groups excluding carboxylic acids is 1. The smallest absolute Gasteiger partial charge is 0.323 e. The number of thioether (sulfide) groups is 1. The van der Waals surface area contributed by atoms with Crippen molar-refractivity contribution >= 4 is 39.6 Å². The Bertz CT molecular complexity index is 473. The first kappa shape index (κ1) is 14.4. The van der Waals surface area contributed by atoms with Crippen LogP contribution in [0.4, 0.5) is 0 Å². The van der Waals surface area contributed by atoms with Gasteiger partial charge in [0.25, 0.3) is 0 Å². The van der Waals surface area contributed by atoms with Gasteiger partial charge in [-0.3, -0.25) is 9.59 Å². The number of halogens is 1. The zero-order valence-electron chi connectivity index (χ0n) is 10.2. The maximum absolute atomic E-state index is 12.0. The van der Waals surface area contributed by atoms with Crippen molar-refractivity contribution in [3.05, 3.63) is 28.7 Å². The first-order valence-electron chi connectivity index (χ1n) is 5.96. The topological polar surface area (TPSA) is 57.6 Å². The molecule has 0 radical (unpaired) electrons.